The van der Waals surface area contributed by atoms with E-state index in [2.05, 4.69) is 16.8 Å². The lowest BCUT2D eigenvalue weighted by Gasteiger charge is -2.12. The van der Waals surface area contributed by atoms with Gasteiger partial charge in [-0.25, -0.2) is 0 Å². The minimum atomic E-state index is 0.0697. The largest absolute Gasteiger partial charge is 0.491 e. The van der Waals surface area contributed by atoms with Crippen LogP contribution in [0.2, 0.25) is 0 Å². The highest BCUT2D eigenvalue weighted by molar-refractivity contribution is 7.99. The van der Waals surface area contributed by atoms with Gasteiger partial charge in [0.1, 0.15) is 12.4 Å². The summed E-state index contributed by atoms with van der Waals surface area (Å²) in [6, 6.07) is 12.0. The van der Waals surface area contributed by atoms with Gasteiger partial charge >= 0.3 is 0 Å². The van der Waals surface area contributed by atoms with E-state index >= 15 is 0 Å². The predicted molar refractivity (Wildman–Crippen MR) is 103 cm³/mol. The van der Waals surface area contributed by atoms with Crippen molar-refractivity contribution < 1.29 is 14.3 Å². The first kappa shape index (κ1) is 18.3. The van der Waals surface area contributed by atoms with Crippen molar-refractivity contribution in [1.82, 2.24) is 5.32 Å². The van der Waals surface area contributed by atoms with Crippen LogP contribution in [0.4, 0.5) is 0 Å². The molecule has 1 fully saturated rings. The Morgan fingerprint density at radius 1 is 1.32 bits per heavy atom. The second-order valence-electron chi connectivity index (χ2n) is 5.94. The zero-order valence-corrected chi connectivity index (χ0v) is 15.7. The monoisotopic (exact) mass is 377 g/mol. The minimum absolute atomic E-state index is 0.0697. The maximum Gasteiger partial charge on any atom is 0.230 e. The Labute approximate surface area is 156 Å². The summed E-state index contributed by atoms with van der Waals surface area (Å²) in [6.45, 7) is 2.00. The molecule has 0 bridgehead atoms. The van der Waals surface area contributed by atoms with Gasteiger partial charge in [-0.2, -0.15) is 0 Å². The quantitative estimate of drug-likeness (QED) is 0.721. The molecule has 4 nitrogen and oxygen atoms in total. The van der Waals surface area contributed by atoms with Gasteiger partial charge in [0.2, 0.25) is 5.91 Å². The van der Waals surface area contributed by atoms with Crippen LogP contribution in [0.15, 0.2) is 41.8 Å². The maximum atomic E-state index is 11.9. The van der Waals surface area contributed by atoms with Gasteiger partial charge < -0.3 is 14.8 Å². The summed E-state index contributed by atoms with van der Waals surface area (Å²) in [7, 11) is 0. The van der Waals surface area contributed by atoms with Crippen molar-refractivity contribution in [2.45, 2.75) is 31.2 Å². The fourth-order valence-electron chi connectivity index (χ4n) is 2.56. The molecular formula is C19H23NO3S2. The Balaban J connectivity index is 1.32. The Morgan fingerprint density at radius 3 is 2.92 bits per heavy atom. The molecule has 1 aliphatic heterocycles. The highest BCUT2D eigenvalue weighted by Crippen LogP contribution is 2.18. The molecule has 6 heteroatoms. The van der Waals surface area contributed by atoms with E-state index in [-0.39, 0.29) is 12.0 Å². The summed E-state index contributed by atoms with van der Waals surface area (Å²) in [4.78, 5) is 13.2. The summed E-state index contributed by atoms with van der Waals surface area (Å²) in [5.74, 6) is 2.29. The van der Waals surface area contributed by atoms with Crippen LogP contribution < -0.4 is 10.1 Å². The third-order valence-corrected chi connectivity index (χ3v) is 5.97. The average molecular weight is 378 g/mol. The first-order valence-corrected chi connectivity index (χ1v) is 10.5. The van der Waals surface area contributed by atoms with Gasteiger partial charge in [0.15, 0.2) is 0 Å². The smallest absolute Gasteiger partial charge is 0.230 e. The molecule has 1 atom stereocenters. The number of ether oxygens (including phenoxy) is 2. The fourth-order valence-corrected chi connectivity index (χ4v) is 4.26. The minimum Gasteiger partial charge on any atom is -0.491 e. The molecule has 0 saturated carbocycles. The summed E-state index contributed by atoms with van der Waals surface area (Å²) in [5, 5.41) is 5.02. The molecule has 1 aliphatic rings. The fraction of sp³-hybridized carbons (Fsp3) is 0.421. The number of hydrogen-bond donors (Lipinski definition) is 1. The van der Waals surface area contributed by atoms with Crippen molar-refractivity contribution in [3.8, 4) is 5.75 Å². The maximum absolute atomic E-state index is 11.9. The van der Waals surface area contributed by atoms with Crippen LogP contribution in [0.25, 0.3) is 0 Å². The van der Waals surface area contributed by atoms with E-state index in [0.717, 1.165) is 36.5 Å². The third kappa shape index (κ3) is 6.38. The third-order valence-electron chi connectivity index (χ3n) is 3.93. The van der Waals surface area contributed by atoms with E-state index in [1.807, 2.05) is 30.3 Å². The Morgan fingerprint density at radius 2 is 2.20 bits per heavy atom. The zero-order chi connectivity index (χ0) is 17.3. The predicted octanol–water partition coefficient (Wildman–Crippen LogP) is 3.86. The molecule has 0 spiro atoms. The molecule has 2 aromatic rings. The lowest BCUT2D eigenvalue weighted by Crippen LogP contribution is -2.24. The van der Waals surface area contributed by atoms with Gasteiger partial charge in [0.25, 0.3) is 0 Å². The van der Waals surface area contributed by atoms with Gasteiger partial charge in [-0.05, 0) is 42.0 Å². The van der Waals surface area contributed by atoms with Crippen molar-refractivity contribution in [3.05, 3.63) is 52.2 Å². The van der Waals surface area contributed by atoms with Gasteiger partial charge in [0.05, 0.1) is 11.9 Å². The first-order valence-electron chi connectivity index (χ1n) is 8.50. The summed E-state index contributed by atoms with van der Waals surface area (Å²) >= 11 is 3.37. The van der Waals surface area contributed by atoms with Crippen LogP contribution >= 0.6 is 23.1 Å². The Kier molecular flexibility index (Phi) is 7.21. The molecule has 0 radical (unpaired) electrons. The molecule has 1 saturated heterocycles. The van der Waals surface area contributed by atoms with Gasteiger partial charge in [-0.1, -0.05) is 18.2 Å². The van der Waals surface area contributed by atoms with Gasteiger partial charge in [-0.15, -0.1) is 23.1 Å². The Hall–Kier alpha value is -1.50. The molecule has 1 amide bonds. The van der Waals surface area contributed by atoms with Crippen LogP contribution in [0.5, 0.6) is 5.75 Å². The molecule has 134 valence electrons. The SMILES string of the molecule is O=C(CSCc1cccs1)NCc1ccc(OCC2CCCO2)cc1. The molecule has 1 unspecified atom stereocenters. The number of thioether (sulfide) groups is 1. The van der Waals surface area contributed by atoms with E-state index < -0.39 is 0 Å². The number of hydrogen-bond acceptors (Lipinski definition) is 5. The molecule has 25 heavy (non-hydrogen) atoms. The highest BCUT2D eigenvalue weighted by atomic mass is 32.2. The normalized spacial score (nSPS) is 16.7. The summed E-state index contributed by atoms with van der Waals surface area (Å²) < 4.78 is 11.3. The average Bonchev–Trinajstić information content (AvgIpc) is 3.33. The first-order chi connectivity index (χ1) is 12.3. The number of nitrogens with one attached hydrogen (secondary N) is 1. The van der Waals surface area contributed by atoms with E-state index in [9.17, 15) is 4.79 Å². The van der Waals surface area contributed by atoms with Crippen LogP contribution in [-0.4, -0.2) is 31.0 Å². The van der Waals surface area contributed by atoms with Crippen molar-refractivity contribution in [2.75, 3.05) is 19.0 Å². The van der Waals surface area contributed by atoms with Crippen molar-refractivity contribution in [3.63, 3.8) is 0 Å². The molecule has 2 heterocycles. The number of rotatable bonds is 9. The Bertz CT molecular complexity index is 637. The van der Waals surface area contributed by atoms with Gasteiger partial charge in [0, 0.05) is 23.8 Å². The van der Waals surface area contributed by atoms with Crippen LogP contribution in [0.1, 0.15) is 23.3 Å². The lowest BCUT2D eigenvalue weighted by molar-refractivity contribution is -0.118. The van der Waals surface area contributed by atoms with E-state index in [1.165, 1.54) is 4.88 Å². The second-order valence-corrected chi connectivity index (χ2v) is 7.96. The number of thiophene rings is 1. The highest BCUT2D eigenvalue weighted by Gasteiger charge is 2.15. The lowest BCUT2D eigenvalue weighted by atomic mass is 10.2. The molecule has 1 aromatic heterocycles. The number of benzene rings is 1. The van der Waals surface area contributed by atoms with Crippen LogP contribution in [-0.2, 0) is 21.8 Å². The summed E-state index contributed by atoms with van der Waals surface area (Å²) in [5.41, 5.74) is 1.07. The topological polar surface area (TPSA) is 47.6 Å². The molecule has 1 aromatic carbocycles. The number of amides is 1. The number of carbonyl (C=O) groups excluding carboxylic acids is 1. The van der Waals surface area contributed by atoms with E-state index in [0.29, 0.717) is 18.9 Å². The van der Waals surface area contributed by atoms with Gasteiger partial charge in [-0.3, -0.25) is 4.79 Å². The van der Waals surface area contributed by atoms with Crippen molar-refractivity contribution in [2.24, 2.45) is 0 Å². The number of carbonyl (C=O) groups is 1. The molecule has 1 N–H and O–H groups in total. The van der Waals surface area contributed by atoms with Crippen molar-refractivity contribution in [1.29, 1.82) is 0 Å². The zero-order valence-electron chi connectivity index (χ0n) is 14.1. The molecule has 0 aliphatic carbocycles. The summed E-state index contributed by atoms with van der Waals surface area (Å²) in [6.07, 6.45) is 2.43. The van der Waals surface area contributed by atoms with E-state index in [1.54, 1.807) is 23.1 Å². The molecular weight excluding hydrogens is 354 g/mol. The van der Waals surface area contributed by atoms with Crippen LogP contribution in [0, 0.1) is 0 Å². The van der Waals surface area contributed by atoms with E-state index in [4.69, 9.17) is 9.47 Å². The molecule has 3 rings (SSSR count). The standard InChI is InChI=1S/C19H23NO3S2/c21-19(14-24-13-18-4-2-10-25-18)20-11-15-5-7-16(8-6-15)23-12-17-3-1-9-22-17/h2,4-8,10,17H,1,3,9,11-14H2,(H,20,21). The van der Waals surface area contributed by atoms with Crippen molar-refractivity contribution >= 4 is 29.0 Å². The van der Waals surface area contributed by atoms with Crippen LogP contribution in [0.3, 0.4) is 0 Å². The second kappa shape index (κ2) is 9.85.